The summed E-state index contributed by atoms with van der Waals surface area (Å²) in [4.78, 5) is 44.5. The van der Waals surface area contributed by atoms with Crippen LogP contribution < -0.4 is 5.32 Å². The van der Waals surface area contributed by atoms with Crippen LogP contribution in [0, 0.1) is 0 Å². The quantitative estimate of drug-likeness (QED) is 0.227. The Balaban J connectivity index is 3.02. The van der Waals surface area contributed by atoms with Gasteiger partial charge in [-0.2, -0.15) is 0 Å². The summed E-state index contributed by atoms with van der Waals surface area (Å²) >= 11 is 0. The second-order valence-electron chi connectivity index (χ2n) is 5.96. The van der Waals surface area contributed by atoms with Gasteiger partial charge in [0.25, 0.3) is 6.47 Å². The number of methoxy groups -OCH3 is 1. The molecule has 1 aliphatic heterocycles. The lowest BCUT2D eigenvalue weighted by atomic mass is 9.93. The molecule has 12 heteroatoms. The van der Waals surface area contributed by atoms with Gasteiger partial charge in [-0.25, -0.2) is 0 Å². The molecule has 12 nitrogen and oxygen atoms in total. The number of rotatable bonds is 12. The van der Waals surface area contributed by atoms with E-state index < -0.39 is 61.7 Å². The van der Waals surface area contributed by atoms with Crippen LogP contribution in [0.3, 0.4) is 0 Å². The van der Waals surface area contributed by atoms with Gasteiger partial charge in [-0.3, -0.25) is 14.4 Å². The summed E-state index contributed by atoms with van der Waals surface area (Å²) in [5.74, 6) is -0.449. The van der Waals surface area contributed by atoms with Gasteiger partial charge in [0.2, 0.25) is 18.5 Å². The molecule has 0 bridgehead atoms. The Morgan fingerprint density at radius 3 is 2.43 bits per heavy atom. The van der Waals surface area contributed by atoms with Crippen LogP contribution in [0.5, 0.6) is 0 Å². The normalized spacial score (nSPS) is 30.5. The molecule has 8 atom stereocenters. The molecule has 1 fully saturated rings. The molecule has 28 heavy (non-hydrogen) atoms. The molecule has 0 aromatic heterocycles. The number of carbonyl (C=O) groups excluding carboxylic acids is 4. The second-order valence-corrected chi connectivity index (χ2v) is 5.96. The molecule has 1 rings (SSSR count). The first kappa shape index (κ1) is 24.1. The first-order valence-electron chi connectivity index (χ1n) is 8.37. The summed E-state index contributed by atoms with van der Waals surface area (Å²) in [5, 5.41) is 22.3. The number of aldehydes is 2. The number of hydrogen-bond acceptors (Lipinski definition) is 11. The van der Waals surface area contributed by atoms with E-state index in [9.17, 15) is 29.4 Å². The van der Waals surface area contributed by atoms with Crippen LogP contribution in [-0.4, -0.2) is 98.0 Å². The van der Waals surface area contributed by atoms with E-state index in [2.05, 4.69) is 10.1 Å². The number of amides is 1. The molecule has 0 radical (unpaired) electrons. The van der Waals surface area contributed by atoms with Crippen molar-refractivity contribution in [3.8, 4) is 0 Å². The summed E-state index contributed by atoms with van der Waals surface area (Å²) in [5.41, 5.74) is 0. The van der Waals surface area contributed by atoms with Crippen LogP contribution in [0.4, 0.5) is 0 Å². The highest BCUT2D eigenvalue weighted by Crippen LogP contribution is 2.25. The Bertz CT molecular complexity index is 531. The van der Waals surface area contributed by atoms with Crippen molar-refractivity contribution in [2.24, 2.45) is 0 Å². The van der Waals surface area contributed by atoms with Gasteiger partial charge in [-0.1, -0.05) is 0 Å². The van der Waals surface area contributed by atoms with Crippen LogP contribution in [0.25, 0.3) is 0 Å². The Morgan fingerprint density at radius 1 is 1.29 bits per heavy atom. The third-order valence-corrected chi connectivity index (χ3v) is 4.05. The average Bonchev–Trinajstić information content (AvgIpc) is 2.66. The van der Waals surface area contributed by atoms with Crippen LogP contribution in [0.15, 0.2) is 0 Å². The predicted octanol–water partition coefficient (Wildman–Crippen LogP) is -2.73. The fourth-order valence-corrected chi connectivity index (χ4v) is 2.74. The average molecular weight is 407 g/mol. The highest BCUT2D eigenvalue weighted by Gasteiger charge is 2.46. The monoisotopic (exact) mass is 407 g/mol. The maximum Gasteiger partial charge on any atom is 0.295 e. The third-order valence-electron chi connectivity index (χ3n) is 4.05. The molecule has 0 aromatic carbocycles. The number of aliphatic hydroxyl groups is 2. The first-order chi connectivity index (χ1) is 13.3. The Morgan fingerprint density at radius 2 is 1.96 bits per heavy atom. The smallest absolute Gasteiger partial charge is 0.295 e. The maximum absolute atomic E-state index is 11.5. The van der Waals surface area contributed by atoms with E-state index in [1.165, 1.54) is 6.92 Å². The van der Waals surface area contributed by atoms with E-state index in [0.717, 1.165) is 7.11 Å². The van der Waals surface area contributed by atoms with Crippen molar-refractivity contribution in [3.05, 3.63) is 0 Å². The van der Waals surface area contributed by atoms with E-state index in [-0.39, 0.29) is 12.8 Å². The summed E-state index contributed by atoms with van der Waals surface area (Å²) in [6.07, 6.45) is -8.54. The van der Waals surface area contributed by atoms with Gasteiger partial charge in [-0.05, 0) is 6.92 Å². The van der Waals surface area contributed by atoms with Crippen molar-refractivity contribution in [1.82, 2.24) is 5.32 Å². The number of aliphatic hydroxyl groups excluding tert-OH is 2. The molecule has 160 valence electrons. The SMILES string of the molecule is COC(C=O)C(OC=O)O[C@H](C=O)OC1C(NC(C)=O)[C@H](C)OC(CO)[C@H]1O. The van der Waals surface area contributed by atoms with Crippen molar-refractivity contribution in [2.75, 3.05) is 13.7 Å². The third kappa shape index (κ3) is 6.29. The lowest BCUT2D eigenvalue weighted by Gasteiger charge is -2.44. The Hall–Kier alpha value is -1.96. The van der Waals surface area contributed by atoms with Gasteiger partial charge >= 0.3 is 0 Å². The summed E-state index contributed by atoms with van der Waals surface area (Å²) in [7, 11) is 1.16. The van der Waals surface area contributed by atoms with Crippen molar-refractivity contribution in [3.63, 3.8) is 0 Å². The standard InChI is InChI=1S/C16H25NO11/c1-8-13(17-9(2)22)15(14(23)10(4-18)26-8)27-12(6-20)28-16(25-7-21)11(5-19)24-3/h5-8,10-16,18,23H,4H2,1-3H3,(H,17,22)/t8-,10?,11?,12+,13?,14+,15?,16?/m0/s1. The van der Waals surface area contributed by atoms with Gasteiger partial charge in [0, 0.05) is 14.0 Å². The highest BCUT2D eigenvalue weighted by molar-refractivity contribution is 5.73. The van der Waals surface area contributed by atoms with Gasteiger partial charge < -0.3 is 44.0 Å². The number of carbonyl (C=O) groups is 4. The topological polar surface area (TPSA) is 167 Å². The van der Waals surface area contributed by atoms with Gasteiger partial charge in [0.05, 0.1) is 18.8 Å². The molecule has 0 spiro atoms. The summed E-state index contributed by atoms with van der Waals surface area (Å²) < 4.78 is 25.5. The molecule has 1 heterocycles. The minimum absolute atomic E-state index is 0.00464. The summed E-state index contributed by atoms with van der Waals surface area (Å²) in [6, 6.07) is -0.893. The number of nitrogens with one attached hydrogen (secondary N) is 1. The number of hydrogen-bond donors (Lipinski definition) is 3. The van der Waals surface area contributed by atoms with Crippen molar-refractivity contribution < 1.29 is 53.1 Å². The van der Waals surface area contributed by atoms with Crippen LogP contribution in [-0.2, 0) is 42.9 Å². The zero-order valence-corrected chi connectivity index (χ0v) is 15.6. The molecule has 0 saturated carbocycles. The molecule has 1 aliphatic rings. The predicted molar refractivity (Wildman–Crippen MR) is 88.6 cm³/mol. The van der Waals surface area contributed by atoms with Crippen molar-refractivity contribution in [2.45, 2.75) is 63.0 Å². The minimum atomic E-state index is -1.71. The fraction of sp³-hybridized carbons (Fsp3) is 0.750. The Kier molecular flexibility index (Phi) is 10.1. The zero-order valence-electron chi connectivity index (χ0n) is 15.6. The van der Waals surface area contributed by atoms with E-state index in [4.69, 9.17) is 18.9 Å². The van der Waals surface area contributed by atoms with Gasteiger partial charge in [0.1, 0.15) is 18.3 Å². The minimum Gasteiger partial charge on any atom is -0.434 e. The maximum atomic E-state index is 11.5. The second kappa shape index (κ2) is 11.8. The molecule has 1 amide bonds. The molecule has 1 saturated heterocycles. The van der Waals surface area contributed by atoms with Gasteiger partial charge in [-0.15, -0.1) is 0 Å². The molecule has 0 aromatic rings. The molecule has 3 N–H and O–H groups in total. The molecule has 5 unspecified atom stereocenters. The largest absolute Gasteiger partial charge is 0.434 e. The van der Waals surface area contributed by atoms with E-state index in [1.807, 2.05) is 0 Å². The lowest BCUT2D eigenvalue weighted by Crippen LogP contribution is -2.64. The first-order valence-corrected chi connectivity index (χ1v) is 8.37. The van der Waals surface area contributed by atoms with Crippen LogP contribution in [0.1, 0.15) is 13.8 Å². The molecular formula is C16H25NO11. The lowest BCUT2D eigenvalue weighted by molar-refractivity contribution is -0.283. The fourth-order valence-electron chi connectivity index (χ4n) is 2.74. The van der Waals surface area contributed by atoms with Crippen molar-refractivity contribution >= 4 is 25.0 Å². The van der Waals surface area contributed by atoms with Crippen molar-refractivity contribution in [1.29, 1.82) is 0 Å². The summed E-state index contributed by atoms with van der Waals surface area (Å²) in [6.45, 7) is 2.27. The number of ether oxygens (including phenoxy) is 5. The molecular weight excluding hydrogens is 382 g/mol. The van der Waals surface area contributed by atoms with Crippen LogP contribution >= 0.6 is 0 Å². The zero-order chi connectivity index (χ0) is 21.3. The molecule has 0 aliphatic carbocycles. The van der Waals surface area contributed by atoms with E-state index >= 15 is 0 Å². The van der Waals surface area contributed by atoms with E-state index in [1.54, 1.807) is 6.92 Å². The highest BCUT2D eigenvalue weighted by atomic mass is 16.8. The Labute approximate surface area is 161 Å². The van der Waals surface area contributed by atoms with Gasteiger partial charge in [0.15, 0.2) is 18.7 Å². The van der Waals surface area contributed by atoms with Crippen LogP contribution in [0.2, 0.25) is 0 Å². The van der Waals surface area contributed by atoms with E-state index in [0.29, 0.717) is 6.29 Å².